The third kappa shape index (κ3) is 3.93. The van der Waals surface area contributed by atoms with Gasteiger partial charge in [0, 0.05) is 23.7 Å². The van der Waals surface area contributed by atoms with E-state index in [1.54, 1.807) is 6.26 Å². The van der Waals surface area contributed by atoms with Crippen LogP contribution in [0.5, 0.6) is 0 Å². The third-order valence-electron chi connectivity index (χ3n) is 5.78. The first-order valence-corrected chi connectivity index (χ1v) is 10.7. The maximum absolute atomic E-state index is 6.08. The summed E-state index contributed by atoms with van der Waals surface area (Å²) < 4.78 is 7.85. The van der Waals surface area contributed by atoms with Gasteiger partial charge in [0.2, 0.25) is 0 Å². The second-order valence-electron chi connectivity index (χ2n) is 8.03. The summed E-state index contributed by atoms with van der Waals surface area (Å²) in [7, 11) is 2.18. The van der Waals surface area contributed by atoms with Crippen molar-refractivity contribution in [3.05, 3.63) is 83.3 Å². The van der Waals surface area contributed by atoms with Crippen molar-refractivity contribution in [3.63, 3.8) is 0 Å². The van der Waals surface area contributed by atoms with Crippen molar-refractivity contribution in [1.29, 1.82) is 0 Å². The van der Waals surface area contributed by atoms with Crippen molar-refractivity contribution < 1.29 is 4.42 Å². The van der Waals surface area contributed by atoms with Gasteiger partial charge in [-0.1, -0.05) is 29.8 Å². The largest absolute Gasteiger partial charge is 0.464 e. The first-order valence-electron chi connectivity index (χ1n) is 10.3. The molecule has 4 nitrogen and oxygen atoms in total. The highest BCUT2D eigenvalue weighted by Crippen LogP contribution is 2.27. The zero-order valence-electron chi connectivity index (χ0n) is 17.0. The van der Waals surface area contributed by atoms with Crippen LogP contribution in [-0.2, 0) is 6.54 Å². The number of imidazole rings is 1. The molecule has 0 bridgehead atoms. The maximum Gasteiger partial charge on any atom is 0.133 e. The Kier molecular flexibility index (Phi) is 5.19. The Labute approximate surface area is 181 Å². The number of likely N-dealkylation sites (tertiary alicyclic amines) is 1. The topological polar surface area (TPSA) is 34.2 Å². The van der Waals surface area contributed by atoms with Crippen LogP contribution in [0.1, 0.15) is 17.8 Å². The Morgan fingerprint density at radius 1 is 1.17 bits per heavy atom. The second kappa shape index (κ2) is 8.13. The van der Waals surface area contributed by atoms with Gasteiger partial charge in [0.1, 0.15) is 11.6 Å². The van der Waals surface area contributed by atoms with Crippen LogP contribution in [0.4, 0.5) is 0 Å². The molecule has 0 spiro atoms. The molecule has 1 aliphatic heterocycles. The van der Waals surface area contributed by atoms with E-state index in [1.165, 1.54) is 12.0 Å². The van der Waals surface area contributed by atoms with E-state index in [9.17, 15) is 0 Å². The Hall–Kier alpha value is -2.82. The molecule has 152 valence electrons. The minimum Gasteiger partial charge on any atom is -0.464 e. The van der Waals surface area contributed by atoms with Crippen molar-refractivity contribution in [2.24, 2.45) is 5.92 Å². The number of benzene rings is 2. The van der Waals surface area contributed by atoms with Crippen LogP contribution in [0.25, 0.3) is 28.4 Å². The van der Waals surface area contributed by atoms with E-state index < -0.39 is 0 Å². The number of hydrogen-bond acceptors (Lipinski definition) is 3. The molecule has 2 aromatic carbocycles. The predicted octanol–water partition coefficient (Wildman–Crippen LogP) is 5.96. The molecule has 4 aromatic rings. The van der Waals surface area contributed by atoms with Crippen molar-refractivity contribution in [3.8, 4) is 11.3 Å². The first-order chi connectivity index (χ1) is 14.7. The van der Waals surface area contributed by atoms with Gasteiger partial charge in [0.25, 0.3) is 0 Å². The zero-order chi connectivity index (χ0) is 20.5. The molecule has 5 rings (SSSR count). The molecule has 0 saturated carbocycles. The van der Waals surface area contributed by atoms with Crippen molar-refractivity contribution in [2.75, 3.05) is 20.1 Å². The van der Waals surface area contributed by atoms with Crippen molar-refractivity contribution in [2.45, 2.75) is 13.0 Å². The SMILES string of the molecule is CN1CCC(C=Cc2nc3cc(-c4ccco4)ccc3n2Cc2ccc(Cl)cc2)C1. The highest BCUT2D eigenvalue weighted by atomic mass is 35.5. The lowest BCUT2D eigenvalue weighted by Crippen LogP contribution is -2.13. The molecule has 0 aliphatic carbocycles. The fourth-order valence-electron chi connectivity index (χ4n) is 4.16. The quantitative estimate of drug-likeness (QED) is 0.401. The van der Waals surface area contributed by atoms with Crippen LogP contribution < -0.4 is 0 Å². The van der Waals surface area contributed by atoms with E-state index in [0.29, 0.717) is 5.92 Å². The normalized spacial score (nSPS) is 17.5. The summed E-state index contributed by atoms with van der Waals surface area (Å²) in [6.07, 6.45) is 7.40. The minimum atomic E-state index is 0.581. The molecule has 1 saturated heterocycles. The van der Waals surface area contributed by atoms with Gasteiger partial charge >= 0.3 is 0 Å². The first kappa shape index (κ1) is 19.2. The fraction of sp³-hybridized carbons (Fsp3) is 0.240. The van der Waals surface area contributed by atoms with Gasteiger partial charge in [-0.2, -0.15) is 0 Å². The summed E-state index contributed by atoms with van der Waals surface area (Å²) in [5, 5.41) is 0.753. The van der Waals surface area contributed by atoms with Gasteiger partial charge < -0.3 is 13.9 Å². The van der Waals surface area contributed by atoms with Crippen molar-refractivity contribution >= 4 is 28.7 Å². The molecule has 2 aromatic heterocycles. The number of hydrogen-bond donors (Lipinski definition) is 0. The average Bonchev–Trinajstić information content (AvgIpc) is 3.49. The Balaban J connectivity index is 1.54. The lowest BCUT2D eigenvalue weighted by atomic mass is 10.1. The number of furan rings is 1. The minimum absolute atomic E-state index is 0.581. The molecule has 0 radical (unpaired) electrons. The standard InChI is InChI=1S/C25H24ClN3O/c1-28-13-12-19(16-28)6-11-25-27-22-15-20(24-3-2-14-30-24)7-10-23(22)29(25)17-18-4-8-21(26)9-5-18/h2-11,14-15,19H,12-13,16-17H2,1H3. The molecule has 1 aliphatic rings. The number of fused-ring (bicyclic) bond motifs is 1. The maximum atomic E-state index is 6.08. The molecular weight excluding hydrogens is 394 g/mol. The molecule has 5 heteroatoms. The van der Waals surface area contributed by atoms with E-state index in [-0.39, 0.29) is 0 Å². The second-order valence-corrected chi connectivity index (χ2v) is 8.47. The van der Waals surface area contributed by atoms with E-state index in [2.05, 4.69) is 59.0 Å². The number of nitrogens with zero attached hydrogens (tertiary/aromatic N) is 3. The number of rotatable bonds is 5. The van der Waals surface area contributed by atoms with Crippen LogP contribution in [0, 0.1) is 5.92 Å². The van der Waals surface area contributed by atoms with Gasteiger partial charge in [-0.15, -0.1) is 0 Å². The fourth-order valence-corrected chi connectivity index (χ4v) is 4.28. The van der Waals surface area contributed by atoms with Crippen LogP contribution in [0.15, 0.2) is 71.4 Å². The molecule has 0 N–H and O–H groups in total. The summed E-state index contributed by atoms with van der Waals surface area (Å²) in [5.74, 6) is 2.42. The third-order valence-corrected chi connectivity index (χ3v) is 6.03. The monoisotopic (exact) mass is 417 g/mol. The average molecular weight is 418 g/mol. The lowest BCUT2D eigenvalue weighted by molar-refractivity contribution is 0.408. The highest BCUT2D eigenvalue weighted by molar-refractivity contribution is 6.30. The predicted molar refractivity (Wildman–Crippen MR) is 123 cm³/mol. The summed E-state index contributed by atoms with van der Waals surface area (Å²) in [5.41, 5.74) is 4.32. The van der Waals surface area contributed by atoms with E-state index in [0.717, 1.165) is 52.8 Å². The molecule has 1 unspecified atom stereocenters. The summed E-state index contributed by atoms with van der Waals surface area (Å²) in [4.78, 5) is 7.35. The molecule has 3 heterocycles. The van der Waals surface area contributed by atoms with Gasteiger partial charge in [-0.05, 0) is 80.0 Å². The van der Waals surface area contributed by atoms with E-state index in [4.69, 9.17) is 21.0 Å². The summed E-state index contributed by atoms with van der Waals surface area (Å²) in [6.45, 7) is 3.01. The van der Waals surface area contributed by atoms with Crippen LogP contribution in [0.2, 0.25) is 5.02 Å². The van der Waals surface area contributed by atoms with Gasteiger partial charge in [0.15, 0.2) is 0 Å². The van der Waals surface area contributed by atoms with Crippen LogP contribution in [0.3, 0.4) is 0 Å². The molecule has 1 fully saturated rings. The molecule has 0 amide bonds. The van der Waals surface area contributed by atoms with Gasteiger partial charge in [0.05, 0.1) is 17.3 Å². The summed E-state index contributed by atoms with van der Waals surface area (Å²) in [6, 6.07) is 18.2. The molecule has 30 heavy (non-hydrogen) atoms. The highest BCUT2D eigenvalue weighted by Gasteiger charge is 2.17. The molecule has 1 atom stereocenters. The zero-order valence-corrected chi connectivity index (χ0v) is 17.7. The van der Waals surface area contributed by atoms with E-state index >= 15 is 0 Å². The van der Waals surface area contributed by atoms with Gasteiger partial charge in [-0.25, -0.2) is 4.98 Å². The van der Waals surface area contributed by atoms with Crippen LogP contribution in [-0.4, -0.2) is 34.6 Å². The van der Waals surface area contributed by atoms with Gasteiger partial charge in [-0.3, -0.25) is 0 Å². The Bertz CT molecular complexity index is 1180. The Morgan fingerprint density at radius 2 is 2.03 bits per heavy atom. The lowest BCUT2D eigenvalue weighted by Gasteiger charge is -2.09. The number of aromatic nitrogens is 2. The van der Waals surface area contributed by atoms with Crippen LogP contribution >= 0.6 is 11.6 Å². The van der Waals surface area contributed by atoms with Crippen molar-refractivity contribution in [1.82, 2.24) is 14.5 Å². The summed E-state index contributed by atoms with van der Waals surface area (Å²) >= 11 is 6.08. The smallest absolute Gasteiger partial charge is 0.133 e. The Morgan fingerprint density at radius 3 is 2.77 bits per heavy atom. The van der Waals surface area contributed by atoms with E-state index in [1.807, 2.05) is 24.3 Å². The number of halogens is 1. The molecular formula is C25H24ClN3O.